The van der Waals surface area contributed by atoms with Crippen LogP contribution in [0, 0.1) is 0 Å². The van der Waals surface area contributed by atoms with E-state index in [0.29, 0.717) is 25.2 Å². The third kappa shape index (κ3) is 3.69. The zero-order chi connectivity index (χ0) is 20.4. The molecule has 1 aromatic carbocycles. The van der Waals surface area contributed by atoms with E-state index in [1.807, 2.05) is 30.3 Å². The Hall–Kier alpha value is -3.68. The van der Waals surface area contributed by atoms with Gasteiger partial charge in [0.15, 0.2) is 0 Å². The SMILES string of the molecule is O=C(O)c1cn(C2CCN(C(=O)OCc3ccccc3)C2)c2ncccc2c1=O. The molecular formula is C21H19N3O5. The van der Waals surface area contributed by atoms with E-state index in [1.54, 1.807) is 27.8 Å². The molecule has 0 saturated carbocycles. The van der Waals surface area contributed by atoms with E-state index in [1.165, 1.54) is 6.20 Å². The molecule has 1 saturated heterocycles. The number of aromatic carboxylic acids is 1. The molecule has 8 nitrogen and oxygen atoms in total. The Balaban J connectivity index is 1.55. The maximum Gasteiger partial charge on any atom is 0.410 e. The van der Waals surface area contributed by atoms with Crippen molar-refractivity contribution in [1.29, 1.82) is 0 Å². The number of likely N-dealkylation sites (tertiary alicyclic amines) is 1. The van der Waals surface area contributed by atoms with Crippen molar-refractivity contribution in [3.05, 3.63) is 76.2 Å². The lowest BCUT2D eigenvalue weighted by Crippen LogP contribution is -2.30. The smallest absolute Gasteiger partial charge is 0.410 e. The molecular weight excluding hydrogens is 374 g/mol. The second-order valence-electron chi connectivity index (χ2n) is 6.89. The highest BCUT2D eigenvalue weighted by atomic mass is 16.6. The number of carboxylic acids is 1. The summed E-state index contributed by atoms with van der Waals surface area (Å²) < 4.78 is 7.07. The van der Waals surface area contributed by atoms with Crippen molar-refractivity contribution in [2.24, 2.45) is 0 Å². The lowest BCUT2D eigenvalue weighted by atomic mass is 10.1. The number of hydrogen-bond acceptors (Lipinski definition) is 5. The first kappa shape index (κ1) is 18.7. The van der Waals surface area contributed by atoms with E-state index < -0.39 is 17.5 Å². The van der Waals surface area contributed by atoms with Crippen LogP contribution in [0.25, 0.3) is 11.0 Å². The number of nitrogens with zero attached hydrogens (tertiary/aromatic N) is 3. The number of fused-ring (bicyclic) bond motifs is 1. The van der Waals surface area contributed by atoms with Crippen LogP contribution in [0.4, 0.5) is 4.79 Å². The van der Waals surface area contributed by atoms with E-state index in [-0.39, 0.29) is 23.6 Å². The fourth-order valence-electron chi connectivity index (χ4n) is 3.56. The molecule has 0 aliphatic carbocycles. The van der Waals surface area contributed by atoms with Gasteiger partial charge in [0.05, 0.1) is 11.4 Å². The van der Waals surface area contributed by atoms with Gasteiger partial charge >= 0.3 is 12.1 Å². The van der Waals surface area contributed by atoms with Crippen LogP contribution in [0.3, 0.4) is 0 Å². The Kier molecular flexibility index (Phi) is 4.99. The Bertz CT molecular complexity index is 1130. The highest BCUT2D eigenvalue weighted by molar-refractivity contribution is 5.91. The van der Waals surface area contributed by atoms with Crippen LogP contribution in [0.15, 0.2) is 59.7 Å². The van der Waals surface area contributed by atoms with E-state index in [4.69, 9.17) is 4.74 Å². The quantitative estimate of drug-likeness (QED) is 0.731. The van der Waals surface area contributed by atoms with E-state index in [2.05, 4.69) is 4.98 Å². The molecule has 1 unspecified atom stereocenters. The summed E-state index contributed by atoms with van der Waals surface area (Å²) in [4.78, 5) is 42.2. The number of amides is 1. The van der Waals surface area contributed by atoms with Crippen LogP contribution < -0.4 is 5.43 Å². The number of carbonyl (C=O) groups is 2. The summed E-state index contributed by atoms with van der Waals surface area (Å²) in [7, 11) is 0. The van der Waals surface area contributed by atoms with Crippen LogP contribution in [0.1, 0.15) is 28.4 Å². The molecule has 148 valence electrons. The van der Waals surface area contributed by atoms with Gasteiger partial charge in [0.25, 0.3) is 0 Å². The molecule has 3 heterocycles. The van der Waals surface area contributed by atoms with Crippen LogP contribution >= 0.6 is 0 Å². The summed E-state index contributed by atoms with van der Waals surface area (Å²) in [5.41, 5.74) is 0.440. The van der Waals surface area contributed by atoms with Gasteiger partial charge in [-0.25, -0.2) is 14.6 Å². The van der Waals surface area contributed by atoms with Crippen LogP contribution in [0.5, 0.6) is 0 Å². The van der Waals surface area contributed by atoms with Crippen molar-refractivity contribution in [2.75, 3.05) is 13.1 Å². The fourth-order valence-corrected chi connectivity index (χ4v) is 3.56. The minimum absolute atomic E-state index is 0.187. The van der Waals surface area contributed by atoms with Gasteiger partial charge in [0, 0.05) is 25.5 Å². The van der Waals surface area contributed by atoms with Gasteiger partial charge in [-0.05, 0) is 24.1 Å². The van der Waals surface area contributed by atoms with Gasteiger partial charge in [-0.2, -0.15) is 0 Å². The maximum atomic E-state index is 12.4. The Morgan fingerprint density at radius 2 is 1.97 bits per heavy atom. The highest BCUT2D eigenvalue weighted by Crippen LogP contribution is 2.25. The topological polar surface area (TPSA) is 102 Å². The number of hydrogen-bond donors (Lipinski definition) is 1. The van der Waals surface area contributed by atoms with E-state index >= 15 is 0 Å². The van der Waals surface area contributed by atoms with E-state index in [9.17, 15) is 19.5 Å². The van der Waals surface area contributed by atoms with Crippen molar-refractivity contribution in [2.45, 2.75) is 19.1 Å². The molecule has 1 aliphatic rings. The molecule has 1 atom stereocenters. The summed E-state index contributed by atoms with van der Waals surface area (Å²) in [6.07, 6.45) is 3.06. The Morgan fingerprint density at radius 1 is 1.17 bits per heavy atom. The van der Waals surface area contributed by atoms with Gasteiger partial charge in [0.1, 0.15) is 17.8 Å². The maximum absolute atomic E-state index is 12.4. The molecule has 29 heavy (non-hydrogen) atoms. The molecule has 0 spiro atoms. The van der Waals surface area contributed by atoms with E-state index in [0.717, 1.165) is 5.56 Å². The average molecular weight is 393 g/mol. The molecule has 3 aromatic rings. The molecule has 0 radical (unpaired) electrons. The number of pyridine rings is 2. The summed E-state index contributed by atoms with van der Waals surface area (Å²) >= 11 is 0. The molecule has 1 N–H and O–H groups in total. The summed E-state index contributed by atoms with van der Waals surface area (Å²) in [6.45, 7) is 1.01. The van der Waals surface area contributed by atoms with Gasteiger partial charge < -0.3 is 19.3 Å². The van der Waals surface area contributed by atoms with Gasteiger partial charge in [-0.3, -0.25) is 4.79 Å². The fraction of sp³-hybridized carbons (Fsp3) is 0.238. The predicted octanol–water partition coefficient (Wildman–Crippen LogP) is 2.68. The molecule has 1 amide bonds. The minimum atomic E-state index is -1.29. The Labute approximate surface area is 166 Å². The van der Waals surface area contributed by atoms with Gasteiger partial charge in [-0.15, -0.1) is 0 Å². The molecule has 2 aromatic heterocycles. The Morgan fingerprint density at radius 3 is 2.72 bits per heavy atom. The van der Waals surface area contributed by atoms with Crippen molar-refractivity contribution < 1.29 is 19.4 Å². The molecule has 8 heteroatoms. The minimum Gasteiger partial charge on any atom is -0.477 e. The van der Waals surface area contributed by atoms with Crippen molar-refractivity contribution in [3.8, 4) is 0 Å². The first-order chi connectivity index (χ1) is 14.0. The second kappa shape index (κ2) is 7.75. The number of rotatable bonds is 4. The van der Waals surface area contributed by atoms with Crippen LogP contribution in [-0.2, 0) is 11.3 Å². The number of carboxylic acid groups (broad SMARTS) is 1. The standard InChI is InChI=1S/C21H19N3O5/c25-18-16-7-4-9-22-19(16)24(12-17(18)20(26)27)15-8-10-23(11-15)21(28)29-13-14-5-2-1-3-6-14/h1-7,9,12,15H,8,10-11,13H2,(H,26,27). The lowest BCUT2D eigenvalue weighted by molar-refractivity contribution is 0.0694. The highest BCUT2D eigenvalue weighted by Gasteiger charge is 2.30. The number of benzene rings is 1. The predicted molar refractivity (Wildman–Crippen MR) is 105 cm³/mol. The van der Waals surface area contributed by atoms with Gasteiger partial charge in [0.2, 0.25) is 5.43 Å². The first-order valence-electron chi connectivity index (χ1n) is 9.23. The van der Waals surface area contributed by atoms with Crippen molar-refractivity contribution in [1.82, 2.24) is 14.5 Å². The first-order valence-corrected chi connectivity index (χ1v) is 9.23. The molecule has 0 bridgehead atoms. The normalized spacial score (nSPS) is 16.1. The molecule has 1 aliphatic heterocycles. The van der Waals surface area contributed by atoms with Gasteiger partial charge in [-0.1, -0.05) is 30.3 Å². The van der Waals surface area contributed by atoms with Crippen LogP contribution in [0.2, 0.25) is 0 Å². The molecule has 1 fully saturated rings. The second-order valence-corrected chi connectivity index (χ2v) is 6.89. The lowest BCUT2D eigenvalue weighted by Gasteiger charge is -2.19. The third-order valence-corrected chi connectivity index (χ3v) is 5.04. The zero-order valence-electron chi connectivity index (χ0n) is 15.5. The number of ether oxygens (including phenoxy) is 1. The summed E-state index contributed by atoms with van der Waals surface area (Å²) in [5.74, 6) is -1.29. The number of aromatic nitrogens is 2. The zero-order valence-corrected chi connectivity index (χ0v) is 15.5. The monoisotopic (exact) mass is 393 g/mol. The molecule has 4 rings (SSSR count). The third-order valence-electron chi connectivity index (χ3n) is 5.04. The average Bonchev–Trinajstić information content (AvgIpc) is 3.23. The van der Waals surface area contributed by atoms with Crippen molar-refractivity contribution in [3.63, 3.8) is 0 Å². The summed E-state index contributed by atoms with van der Waals surface area (Å²) in [5, 5.41) is 9.64. The van der Waals surface area contributed by atoms with Crippen LogP contribution in [-0.4, -0.2) is 44.7 Å². The van der Waals surface area contributed by atoms with Crippen molar-refractivity contribution >= 4 is 23.1 Å². The number of carbonyl (C=O) groups excluding carboxylic acids is 1. The summed E-state index contributed by atoms with van der Waals surface area (Å²) in [6, 6.07) is 12.4. The largest absolute Gasteiger partial charge is 0.477 e.